The van der Waals surface area contributed by atoms with Gasteiger partial charge in [-0.3, -0.25) is 14.9 Å². The number of nitrogens with two attached hydrogens (primary N) is 1. The van der Waals surface area contributed by atoms with Crippen molar-refractivity contribution in [3.05, 3.63) is 81.2 Å². The van der Waals surface area contributed by atoms with Gasteiger partial charge in [0, 0.05) is 23.0 Å². The molecule has 0 unspecified atom stereocenters. The summed E-state index contributed by atoms with van der Waals surface area (Å²) in [5.74, 6) is 0.136. The van der Waals surface area contributed by atoms with E-state index in [4.69, 9.17) is 19.9 Å². The van der Waals surface area contributed by atoms with Gasteiger partial charge in [-0.25, -0.2) is 4.79 Å². The highest BCUT2D eigenvalue weighted by atomic mass is 16.6. The molecule has 0 saturated heterocycles. The van der Waals surface area contributed by atoms with Crippen LogP contribution in [0.2, 0.25) is 0 Å². The van der Waals surface area contributed by atoms with E-state index in [1.807, 2.05) is 42.7 Å². The van der Waals surface area contributed by atoms with E-state index in [1.54, 1.807) is 6.07 Å². The molecule has 3 aromatic rings. The van der Waals surface area contributed by atoms with Crippen molar-refractivity contribution >= 4 is 23.1 Å². The first-order chi connectivity index (χ1) is 16.2. The number of carbonyl (C=O) groups excluding carboxylic acids is 2. The fourth-order valence-electron chi connectivity index (χ4n) is 3.84. The van der Waals surface area contributed by atoms with Crippen LogP contribution in [0.4, 0.5) is 11.4 Å². The standard InChI is InChI=1S/C24H23N3O7/c1-14-9-18(15(2)26(14)11-17-12-32-22-5-3-4-6-23(22)34-17)21(28)13-33-24(29)16-7-8-19(25)20(10-16)27(30)31/h3-10,17H,11-13,25H2,1-2H3/t17-/m1/s1. The van der Waals surface area contributed by atoms with Gasteiger partial charge in [-0.2, -0.15) is 0 Å². The monoisotopic (exact) mass is 465 g/mol. The van der Waals surface area contributed by atoms with Gasteiger partial charge in [0.15, 0.2) is 24.2 Å². The number of hydrogen-bond donors (Lipinski definition) is 1. The lowest BCUT2D eigenvalue weighted by Crippen LogP contribution is -2.33. The molecule has 2 N–H and O–H groups in total. The van der Waals surface area contributed by atoms with Gasteiger partial charge in [0.2, 0.25) is 5.78 Å². The largest absolute Gasteiger partial charge is 0.486 e. The summed E-state index contributed by atoms with van der Waals surface area (Å²) in [6.45, 7) is 4.04. The SMILES string of the molecule is Cc1cc(C(=O)COC(=O)c2ccc(N)c([N+](=O)[O-])c2)c(C)n1C[C@@H]1COc2ccccc2O1. The number of para-hydroxylation sites is 2. The number of nitro benzene ring substituents is 1. The minimum absolute atomic E-state index is 0.0612. The molecule has 1 aliphatic rings. The Morgan fingerprint density at radius 3 is 2.65 bits per heavy atom. The topological polar surface area (TPSA) is 136 Å². The van der Waals surface area contributed by atoms with Crippen LogP contribution in [0.1, 0.15) is 32.1 Å². The zero-order valence-corrected chi connectivity index (χ0v) is 18.6. The number of fused-ring (bicyclic) bond motifs is 1. The number of aromatic nitrogens is 1. The number of carbonyl (C=O) groups is 2. The van der Waals surface area contributed by atoms with Gasteiger partial charge in [0.1, 0.15) is 12.3 Å². The molecule has 10 nitrogen and oxygen atoms in total. The third-order valence-electron chi connectivity index (χ3n) is 5.62. The molecule has 10 heteroatoms. The number of hydrogen-bond acceptors (Lipinski definition) is 8. The molecule has 176 valence electrons. The summed E-state index contributed by atoms with van der Waals surface area (Å²) in [6, 6.07) is 12.8. The number of anilines is 1. The Morgan fingerprint density at radius 1 is 1.18 bits per heavy atom. The Bertz CT molecular complexity index is 1280. The van der Waals surface area contributed by atoms with Crippen LogP contribution >= 0.6 is 0 Å². The summed E-state index contributed by atoms with van der Waals surface area (Å²) >= 11 is 0. The Balaban J connectivity index is 1.42. The third kappa shape index (κ3) is 4.56. The molecule has 0 radical (unpaired) electrons. The van der Waals surface area contributed by atoms with Crippen molar-refractivity contribution in [1.82, 2.24) is 4.57 Å². The molecule has 0 amide bonds. The zero-order valence-electron chi connectivity index (χ0n) is 18.6. The molecule has 4 rings (SSSR count). The zero-order chi connectivity index (χ0) is 24.4. The van der Waals surface area contributed by atoms with Crippen molar-refractivity contribution in [3.63, 3.8) is 0 Å². The number of ketones is 1. The van der Waals surface area contributed by atoms with Gasteiger partial charge in [0.05, 0.1) is 17.0 Å². The number of nitrogen functional groups attached to an aromatic ring is 1. The van der Waals surface area contributed by atoms with Crippen molar-refractivity contribution < 1.29 is 28.7 Å². The highest BCUT2D eigenvalue weighted by Crippen LogP contribution is 2.31. The van der Waals surface area contributed by atoms with Crippen LogP contribution in [-0.2, 0) is 11.3 Å². The molecule has 2 heterocycles. The maximum atomic E-state index is 12.8. The van der Waals surface area contributed by atoms with Crippen molar-refractivity contribution in [1.29, 1.82) is 0 Å². The molecule has 1 atom stereocenters. The predicted octanol–water partition coefficient (Wildman–Crippen LogP) is 3.48. The number of rotatable bonds is 7. The quantitative estimate of drug-likeness (QED) is 0.184. The summed E-state index contributed by atoms with van der Waals surface area (Å²) in [5, 5.41) is 11.0. The number of aryl methyl sites for hydroxylation is 1. The van der Waals surface area contributed by atoms with Gasteiger partial charge < -0.3 is 24.5 Å². The smallest absolute Gasteiger partial charge is 0.338 e. The van der Waals surface area contributed by atoms with E-state index < -0.39 is 23.2 Å². The fourth-order valence-corrected chi connectivity index (χ4v) is 3.84. The molecule has 0 fully saturated rings. The van der Waals surface area contributed by atoms with Crippen LogP contribution in [0.15, 0.2) is 48.5 Å². The molecular weight excluding hydrogens is 442 g/mol. The molecule has 1 aromatic heterocycles. The van der Waals surface area contributed by atoms with Gasteiger partial charge in [-0.1, -0.05) is 12.1 Å². The first-order valence-corrected chi connectivity index (χ1v) is 10.5. The highest BCUT2D eigenvalue weighted by Gasteiger charge is 2.24. The molecule has 1 aliphatic heterocycles. The number of nitro groups is 1. The van der Waals surface area contributed by atoms with Crippen molar-refractivity contribution in [2.45, 2.75) is 26.5 Å². The van der Waals surface area contributed by atoms with E-state index >= 15 is 0 Å². The van der Waals surface area contributed by atoms with Gasteiger partial charge in [-0.15, -0.1) is 0 Å². The highest BCUT2D eigenvalue weighted by molar-refractivity contribution is 6.00. The molecule has 0 bridgehead atoms. The van der Waals surface area contributed by atoms with Crippen LogP contribution in [0, 0.1) is 24.0 Å². The van der Waals surface area contributed by atoms with E-state index in [-0.39, 0.29) is 23.1 Å². The van der Waals surface area contributed by atoms with Crippen LogP contribution < -0.4 is 15.2 Å². The lowest BCUT2D eigenvalue weighted by atomic mass is 10.1. The van der Waals surface area contributed by atoms with Crippen molar-refractivity contribution in [3.8, 4) is 11.5 Å². The minimum atomic E-state index is -0.850. The Morgan fingerprint density at radius 2 is 1.91 bits per heavy atom. The third-order valence-corrected chi connectivity index (χ3v) is 5.62. The Hall–Kier alpha value is -4.34. The number of ether oxygens (including phenoxy) is 3. The Labute approximate surface area is 195 Å². The average Bonchev–Trinajstić information content (AvgIpc) is 3.10. The first kappa shape index (κ1) is 22.8. The summed E-state index contributed by atoms with van der Waals surface area (Å²) in [7, 11) is 0. The van der Waals surface area contributed by atoms with Gasteiger partial charge in [-0.05, 0) is 44.2 Å². The van der Waals surface area contributed by atoms with E-state index in [1.165, 1.54) is 12.1 Å². The number of Topliss-reactive ketones (excluding diaryl/α,β-unsaturated/α-hetero) is 1. The second kappa shape index (κ2) is 9.26. The maximum Gasteiger partial charge on any atom is 0.338 e. The van der Waals surface area contributed by atoms with Crippen molar-refractivity contribution in [2.75, 3.05) is 18.9 Å². The maximum absolute atomic E-state index is 12.8. The number of esters is 1. The second-order valence-electron chi connectivity index (χ2n) is 7.92. The average molecular weight is 465 g/mol. The van der Waals surface area contributed by atoms with E-state index in [9.17, 15) is 19.7 Å². The Kier molecular flexibility index (Phi) is 6.22. The van der Waals surface area contributed by atoms with Crippen LogP contribution in [-0.4, -0.2) is 40.6 Å². The lowest BCUT2D eigenvalue weighted by molar-refractivity contribution is -0.383. The lowest BCUT2D eigenvalue weighted by Gasteiger charge is -2.27. The fraction of sp³-hybridized carbons (Fsp3) is 0.250. The summed E-state index contributed by atoms with van der Waals surface area (Å²) in [6.07, 6.45) is -0.234. The molecule has 34 heavy (non-hydrogen) atoms. The van der Waals surface area contributed by atoms with Crippen molar-refractivity contribution in [2.24, 2.45) is 0 Å². The van der Waals surface area contributed by atoms with Gasteiger partial charge >= 0.3 is 5.97 Å². The molecule has 0 saturated carbocycles. The van der Waals surface area contributed by atoms with E-state index in [2.05, 4.69) is 0 Å². The predicted molar refractivity (Wildman–Crippen MR) is 122 cm³/mol. The molecule has 0 aliphatic carbocycles. The summed E-state index contributed by atoms with van der Waals surface area (Å²) < 4.78 is 18.9. The van der Waals surface area contributed by atoms with Crippen LogP contribution in [0.25, 0.3) is 0 Å². The molecular formula is C24H23N3O7. The summed E-state index contributed by atoms with van der Waals surface area (Å²) in [5.41, 5.74) is 7.00. The number of benzene rings is 2. The van der Waals surface area contributed by atoms with E-state index in [0.29, 0.717) is 35.9 Å². The van der Waals surface area contributed by atoms with E-state index in [0.717, 1.165) is 11.8 Å². The minimum Gasteiger partial charge on any atom is -0.486 e. The molecule has 0 spiro atoms. The normalized spacial score (nSPS) is 14.5. The number of nitrogens with zero attached hydrogens (tertiary/aromatic N) is 2. The van der Waals surface area contributed by atoms with Crippen LogP contribution in [0.5, 0.6) is 11.5 Å². The summed E-state index contributed by atoms with van der Waals surface area (Å²) in [4.78, 5) is 35.4. The first-order valence-electron chi connectivity index (χ1n) is 10.5. The molecule has 2 aromatic carbocycles. The van der Waals surface area contributed by atoms with Crippen LogP contribution in [0.3, 0.4) is 0 Å². The second-order valence-corrected chi connectivity index (χ2v) is 7.92. The van der Waals surface area contributed by atoms with Gasteiger partial charge in [0.25, 0.3) is 5.69 Å².